The molecular weight excluding hydrogens is 244 g/mol. The predicted octanol–water partition coefficient (Wildman–Crippen LogP) is 1.62. The van der Waals surface area contributed by atoms with Crippen molar-refractivity contribution in [3.8, 4) is 0 Å². The van der Waals surface area contributed by atoms with Gasteiger partial charge in [0, 0.05) is 14.1 Å². The Kier molecular flexibility index (Phi) is 2.79. The fourth-order valence-electron chi connectivity index (χ4n) is 1.93. The summed E-state index contributed by atoms with van der Waals surface area (Å²) in [6.45, 7) is 0.632. The molecule has 0 aliphatic heterocycles. The minimum Gasteiger partial charge on any atom is -0.467 e. The minimum atomic E-state index is 0.554. The first kappa shape index (κ1) is 11.5. The number of fused-ring (bicyclic) bond motifs is 1. The van der Waals surface area contributed by atoms with E-state index in [1.165, 1.54) is 0 Å². The van der Waals surface area contributed by atoms with E-state index in [0.717, 1.165) is 17.0 Å². The molecule has 7 nitrogen and oxygen atoms in total. The molecule has 3 aromatic rings. The van der Waals surface area contributed by atoms with Crippen molar-refractivity contribution < 1.29 is 4.42 Å². The second kappa shape index (κ2) is 4.60. The van der Waals surface area contributed by atoms with E-state index in [1.54, 1.807) is 19.5 Å². The lowest BCUT2D eigenvalue weighted by Gasteiger charge is -2.17. The maximum Gasteiger partial charge on any atom is 0.226 e. The molecule has 0 bridgehead atoms. The van der Waals surface area contributed by atoms with Crippen molar-refractivity contribution in [2.75, 3.05) is 24.3 Å². The van der Waals surface area contributed by atoms with E-state index in [9.17, 15) is 0 Å². The summed E-state index contributed by atoms with van der Waals surface area (Å²) in [5.41, 5.74) is 0.709. The minimum absolute atomic E-state index is 0.554. The Bertz CT molecular complexity index is 675. The van der Waals surface area contributed by atoms with Crippen LogP contribution >= 0.6 is 0 Å². The molecule has 0 unspecified atom stereocenters. The van der Waals surface area contributed by atoms with Crippen molar-refractivity contribution in [1.82, 2.24) is 20.2 Å². The third-order valence-corrected chi connectivity index (χ3v) is 2.85. The molecule has 0 aliphatic rings. The lowest BCUT2D eigenvalue weighted by Crippen LogP contribution is -2.18. The van der Waals surface area contributed by atoms with Crippen molar-refractivity contribution in [1.29, 1.82) is 0 Å². The molecule has 0 saturated heterocycles. The molecule has 3 heterocycles. The molecule has 3 rings (SSSR count). The zero-order chi connectivity index (χ0) is 13.2. The van der Waals surface area contributed by atoms with Crippen molar-refractivity contribution in [2.24, 2.45) is 0 Å². The van der Waals surface area contributed by atoms with Crippen molar-refractivity contribution in [3.63, 3.8) is 0 Å². The zero-order valence-corrected chi connectivity index (χ0v) is 10.7. The van der Waals surface area contributed by atoms with Crippen LogP contribution in [0.2, 0.25) is 0 Å². The molecule has 7 heteroatoms. The van der Waals surface area contributed by atoms with Gasteiger partial charge in [-0.2, -0.15) is 15.1 Å². The molecule has 0 saturated carbocycles. The van der Waals surface area contributed by atoms with Gasteiger partial charge in [-0.05, 0) is 12.1 Å². The van der Waals surface area contributed by atoms with Crippen molar-refractivity contribution in [3.05, 3.63) is 30.4 Å². The monoisotopic (exact) mass is 258 g/mol. The number of furan rings is 1. The van der Waals surface area contributed by atoms with E-state index in [2.05, 4.69) is 25.5 Å². The van der Waals surface area contributed by atoms with Gasteiger partial charge in [-0.25, -0.2) is 0 Å². The Morgan fingerprint density at radius 2 is 2.32 bits per heavy atom. The molecule has 0 atom stereocenters. The van der Waals surface area contributed by atoms with E-state index in [1.807, 2.05) is 24.1 Å². The van der Waals surface area contributed by atoms with Crippen LogP contribution in [0, 0.1) is 0 Å². The third-order valence-electron chi connectivity index (χ3n) is 2.85. The zero-order valence-electron chi connectivity index (χ0n) is 10.7. The fraction of sp³-hybridized carbons (Fsp3) is 0.250. The first-order valence-corrected chi connectivity index (χ1v) is 5.90. The van der Waals surface area contributed by atoms with Crippen molar-refractivity contribution in [2.45, 2.75) is 6.54 Å². The van der Waals surface area contributed by atoms with Gasteiger partial charge in [0.2, 0.25) is 5.95 Å². The van der Waals surface area contributed by atoms with Crippen LogP contribution in [0.1, 0.15) is 5.76 Å². The lowest BCUT2D eigenvalue weighted by atomic mass is 10.3. The average Bonchev–Trinajstić information content (AvgIpc) is 3.07. The number of hydrogen-bond acceptors (Lipinski definition) is 6. The van der Waals surface area contributed by atoms with Gasteiger partial charge in [-0.3, -0.25) is 5.10 Å². The van der Waals surface area contributed by atoms with Crippen LogP contribution < -0.4 is 10.2 Å². The second-order valence-electron chi connectivity index (χ2n) is 4.19. The molecule has 0 aromatic carbocycles. The molecule has 0 radical (unpaired) electrons. The number of anilines is 2. The summed E-state index contributed by atoms with van der Waals surface area (Å²) >= 11 is 0. The summed E-state index contributed by atoms with van der Waals surface area (Å²) in [6, 6.07) is 3.80. The Balaban J connectivity index is 2.00. The van der Waals surface area contributed by atoms with Gasteiger partial charge >= 0.3 is 0 Å². The number of nitrogens with one attached hydrogen (secondary N) is 2. The summed E-state index contributed by atoms with van der Waals surface area (Å²) in [6.07, 6.45) is 3.39. The summed E-state index contributed by atoms with van der Waals surface area (Å²) in [7, 11) is 3.74. The fourth-order valence-corrected chi connectivity index (χ4v) is 1.93. The van der Waals surface area contributed by atoms with Crippen LogP contribution in [0.4, 0.5) is 11.8 Å². The summed E-state index contributed by atoms with van der Waals surface area (Å²) in [5, 5.41) is 10.7. The number of aromatic nitrogens is 4. The van der Waals surface area contributed by atoms with Gasteiger partial charge in [-0.1, -0.05) is 0 Å². The third kappa shape index (κ3) is 2.10. The van der Waals surface area contributed by atoms with Gasteiger partial charge in [0.05, 0.1) is 24.4 Å². The summed E-state index contributed by atoms with van der Waals surface area (Å²) < 4.78 is 5.35. The Hall–Kier alpha value is -2.57. The standard InChI is InChI=1S/C12H14N6O/c1-13-12-15-10-9(6-14-17-10)11(16-12)18(2)7-8-4-3-5-19-8/h3-6H,7H2,1-2H3,(H2,13,14,15,16,17). The van der Waals surface area contributed by atoms with Crippen LogP contribution in [-0.4, -0.2) is 34.3 Å². The highest BCUT2D eigenvalue weighted by molar-refractivity contribution is 5.87. The number of hydrogen-bond donors (Lipinski definition) is 2. The van der Waals surface area contributed by atoms with Gasteiger partial charge in [0.1, 0.15) is 11.6 Å². The van der Waals surface area contributed by atoms with E-state index in [4.69, 9.17) is 4.42 Å². The first-order chi connectivity index (χ1) is 9.28. The molecule has 0 fully saturated rings. The Morgan fingerprint density at radius 3 is 3.05 bits per heavy atom. The molecule has 0 aliphatic carbocycles. The second-order valence-corrected chi connectivity index (χ2v) is 4.19. The van der Waals surface area contributed by atoms with Crippen molar-refractivity contribution >= 4 is 22.8 Å². The molecule has 2 N–H and O–H groups in total. The normalized spacial score (nSPS) is 10.8. The quantitative estimate of drug-likeness (QED) is 0.740. The molecule has 0 spiro atoms. The maximum absolute atomic E-state index is 5.35. The molecule has 98 valence electrons. The number of nitrogens with zero attached hydrogens (tertiary/aromatic N) is 4. The van der Waals surface area contributed by atoms with E-state index >= 15 is 0 Å². The van der Waals surface area contributed by atoms with Crippen LogP contribution in [-0.2, 0) is 6.54 Å². The van der Waals surface area contributed by atoms with Gasteiger partial charge in [0.25, 0.3) is 0 Å². The van der Waals surface area contributed by atoms with Crippen LogP contribution in [0.15, 0.2) is 29.0 Å². The Labute approximate surface area is 109 Å². The highest BCUT2D eigenvalue weighted by Crippen LogP contribution is 2.24. The highest BCUT2D eigenvalue weighted by Gasteiger charge is 2.13. The summed E-state index contributed by atoms with van der Waals surface area (Å²) in [5.74, 6) is 2.24. The molecule has 19 heavy (non-hydrogen) atoms. The van der Waals surface area contributed by atoms with E-state index < -0.39 is 0 Å². The molecular formula is C12H14N6O. The summed E-state index contributed by atoms with van der Waals surface area (Å²) in [4.78, 5) is 10.8. The van der Waals surface area contributed by atoms with Gasteiger partial charge in [0.15, 0.2) is 5.65 Å². The number of H-pyrrole nitrogens is 1. The largest absolute Gasteiger partial charge is 0.467 e. The van der Waals surface area contributed by atoms with Crippen LogP contribution in [0.5, 0.6) is 0 Å². The van der Waals surface area contributed by atoms with Gasteiger partial charge < -0.3 is 14.6 Å². The topological polar surface area (TPSA) is 82.9 Å². The number of rotatable bonds is 4. The van der Waals surface area contributed by atoms with Crippen LogP contribution in [0.3, 0.4) is 0 Å². The number of aromatic amines is 1. The van der Waals surface area contributed by atoms with Crippen LogP contribution in [0.25, 0.3) is 11.0 Å². The lowest BCUT2D eigenvalue weighted by molar-refractivity contribution is 0.507. The first-order valence-electron chi connectivity index (χ1n) is 5.90. The Morgan fingerprint density at radius 1 is 1.42 bits per heavy atom. The highest BCUT2D eigenvalue weighted by atomic mass is 16.3. The smallest absolute Gasteiger partial charge is 0.226 e. The van der Waals surface area contributed by atoms with E-state index in [-0.39, 0.29) is 0 Å². The maximum atomic E-state index is 5.35. The molecule has 3 aromatic heterocycles. The van der Waals surface area contributed by atoms with Gasteiger partial charge in [-0.15, -0.1) is 0 Å². The SMILES string of the molecule is CNc1nc(N(C)Cc2ccco2)c2cn[nH]c2n1. The average molecular weight is 258 g/mol. The molecule has 0 amide bonds. The van der Waals surface area contributed by atoms with E-state index in [0.29, 0.717) is 18.1 Å². The predicted molar refractivity (Wildman–Crippen MR) is 72.0 cm³/mol.